The van der Waals surface area contributed by atoms with Gasteiger partial charge in [0, 0.05) is 11.6 Å². The molecular weight excluding hydrogens is 364 g/mol. The lowest BCUT2D eigenvalue weighted by Crippen LogP contribution is -1.83. The van der Waals surface area contributed by atoms with Crippen molar-refractivity contribution in [2.24, 2.45) is 0 Å². The monoisotopic (exact) mass is 384 g/mol. The fourth-order valence-electron chi connectivity index (χ4n) is 2.57. The van der Waals surface area contributed by atoms with Crippen LogP contribution in [0, 0.1) is 0 Å². The molecule has 2 heterocycles. The molecule has 0 aliphatic heterocycles. The van der Waals surface area contributed by atoms with Crippen LogP contribution in [0.15, 0.2) is 125 Å². The van der Waals surface area contributed by atoms with Gasteiger partial charge in [-0.25, -0.2) is 4.98 Å². The number of rotatable bonds is 2. The summed E-state index contributed by atoms with van der Waals surface area (Å²) in [5.41, 5.74) is 6.88. The lowest BCUT2D eigenvalue weighted by atomic mass is 9.95. The normalized spacial score (nSPS) is 9.43. The number of nitrogens with zero attached hydrogens (tertiary/aromatic N) is 2. The summed E-state index contributed by atoms with van der Waals surface area (Å²) in [5.74, 6) is 0. The van der Waals surface area contributed by atoms with Crippen molar-refractivity contribution in [3.05, 3.63) is 121 Å². The summed E-state index contributed by atoms with van der Waals surface area (Å²) in [5, 5.41) is 1.93. The summed E-state index contributed by atoms with van der Waals surface area (Å²) in [4.78, 5) is 7.30. The first-order chi connectivity index (χ1) is 13.9. The van der Waals surface area contributed by atoms with Crippen molar-refractivity contribution < 1.29 is 4.42 Å². The number of oxazole rings is 1. The molecule has 0 N–H and O–H groups in total. The number of benzene rings is 3. The first-order valence-corrected chi connectivity index (χ1v) is 9.73. The molecule has 2 aromatic heterocycles. The molecule has 0 saturated carbocycles. The minimum atomic E-state index is 1.26. The van der Waals surface area contributed by atoms with E-state index < -0.39 is 0 Å². The third kappa shape index (κ3) is 6.04. The molecule has 4 heteroatoms. The van der Waals surface area contributed by atoms with Crippen molar-refractivity contribution in [3.63, 3.8) is 0 Å². The van der Waals surface area contributed by atoms with Crippen LogP contribution in [-0.2, 0) is 0 Å². The maximum Gasteiger partial charge on any atom is 0.180 e. The van der Waals surface area contributed by atoms with E-state index in [0.29, 0.717) is 0 Å². The lowest BCUT2D eigenvalue weighted by molar-refractivity contribution is 0.558. The Labute approximate surface area is 169 Å². The summed E-state index contributed by atoms with van der Waals surface area (Å²) in [6.07, 6.45) is 6.24. The smallest absolute Gasteiger partial charge is 0.180 e. The van der Waals surface area contributed by atoms with Gasteiger partial charge in [-0.05, 0) is 22.3 Å². The van der Waals surface area contributed by atoms with Crippen LogP contribution >= 0.6 is 11.3 Å². The van der Waals surface area contributed by atoms with Crippen LogP contribution in [0.4, 0.5) is 0 Å². The summed E-state index contributed by atoms with van der Waals surface area (Å²) in [7, 11) is 0. The minimum absolute atomic E-state index is 1.26. The first kappa shape index (κ1) is 19.3. The second-order valence-electron chi connectivity index (χ2n) is 5.63. The molecule has 0 spiro atoms. The Bertz CT molecular complexity index is 880. The molecule has 0 unspecified atom stereocenters. The Kier molecular flexibility index (Phi) is 7.75. The average molecular weight is 385 g/mol. The maximum atomic E-state index is 4.47. The molecule has 0 amide bonds. The van der Waals surface area contributed by atoms with Gasteiger partial charge in [0.15, 0.2) is 6.39 Å². The minimum Gasteiger partial charge on any atom is -0.452 e. The topological polar surface area (TPSA) is 38.9 Å². The van der Waals surface area contributed by atoms with Gasteiger partial charge in [-0.3, -0.25) is 4.98 Å². The van der Waals surface area contributed by atoms with Crippen molar-refractivity contribution in [1.29, 1.82) is 0 Å². The summed E-state index contributed by atoms with van der Waals surface area (Å²) in [6, 6.07) is 29.6. The quantitative estimate of drug-likeness (QED) is 0.334. The molecule has 0 aliphatic carbocycles. The molecule has 0 atom stereocenters. The highest BCUT2D eigenvalue weighted by atomic mass is 32.1. The number of thiazole rings is 1. The second kappa shape index (κ2) is 11.3. The Morgan fingerprint density at radius 2 is 1.18 bits per heavy atom. The Hall–Kier alpha value is -3.50. The van der Waals surface area contributed by atoms with Gasteiger partial charge >= 0.3 is 0 Å². The number of hydrogen-bond donors (Lipinski definition) is 0. The largest absolute Gasteiger partial charge is 0.452 e. The van der Waals surface area contributed by atoms with Gasteiger partial charge in [-0.15, -0.1) is 11.3 Å². The SMILES string of the molecule is c1ccc(-c2ccccc2-c2ccccc2)cc1.c1cocn1.c1cscn1. The van der Waals surface area contributed by atoms with Gasteiger partial charge in [0.1, 0.15) is 6.26 Å². The fourth-order valence-corrected chi connectivity index (χ4v) is 2.92. The molecular formula is C24H20N2OS. The van der Waals surface area contributed by atoms with E-state index in [2.05, 4.69) is 99.3 Å². The van der Waals surface area contributed by atoms with E-state index in [1.807, 2.05) is 5.38 Å². The van der Waals surface area contributed by atoms with Gasteiger partial charge in [0.2, 0.25) is 0 Å². The van der Waals surface area contributed by atoms with Gasteiger partial charge in [0.25, 0.3) is 0 Å². The predicted molar refractivity (Wildman–Crippen MR) is 116 cm³/mol. The molecule has 0 fully saturated rings. The third-order valence-electron chi connectivity index (χ3n) is 3.79. The maximum absolute atomic E-state index is 4.47. The average Bonchev–Trinajstić information content (AvgIpc) is 3.54. The Morgan fingerprint density at radius 1 is 0.607 bits per heavy atom. The molecule has 3 aromatic carbocycles. The highest BCUT2D eigenvalue weighted by Crippen LogP contribution is 2.31. The van der Waals surface area contributed by atoms with Crippen molar-refractivity contribution in [3.8, 4) is 22.3 Å². The third-order valence-corrected chi connectivity index (χ3v) is 4.31. The molecule has 5 aromatic rings. The van der Waals surface area contributed by atoms with Gasteiger partial charge in [-0.2, -0.15) is 0 Å². The summed E-state index contributed by atoms with van der Waals surface area (Å²) in [6.45, 7) is 0. The van der Waals surface area contributed by atoms with Crippen LogP contribution < -0.4 is 0 Å². The highest BCUT2D eigenvalue weighted by molar-refractivity contribution is 7.07. The van der Waals surface area contributed by atoms with Gasteiger partial charge in [0.05, 0.1) is 11.7 Å². The van der Waals surface area contributed by atoms with E-state index in [1.165, 1.54) is 34.9 Å². The van der Waals surface area contributed by atoms with Crippen LogP contribution in [0.2, 0.25) is 0 Å². The van der Waals surface area contributed by atoms with Crippen LogP contribution in [0.3, 0.4) is 0 Å². The Balaban J connectivity index is 0.000000183. The van der Waals surface area contributed by atoms with Crippen molar-refractivity contribution in [2.75, 3.05) is 0 Å². The molecule has 0 radical (unpaired) electrons. The number of hydrogen-bond acceptors (Lipinski definition) is 4. The molecule has 3 nitrogen and oxygen atoms in total. The van der Waals surface area contributed by atoms with E-state index in [0.717, 1.165) is 0 Å². The molecule has 28 heavy (non-hydrogen) atoms. The summed E-state index contributed by atoms with van der Waals surface area (Å²) >= 11 is 1.60. The van der Waals surface area contributed by atoms with E-state index >= 15 is 0 Å². The van der Waals surface area contributed by atoms with Gasteiger partial charge < -0.3 is 4.42 Å². The molecule has 0 aliphatic rings. The van der Waals surface area contributed by atoms with Crippen LogP contribution in [0.25, 0.3) is 22.3 Å². The van der Waals surface area contributed by atoms with E-state index in [1.54, 1.807) is 29.2 Å². The summed E-state index contributed by atoms with van der Waals surface area (Å²) < 4.78 is 4.47. The highest BCUT2D eigenvalue weighted by Gasteiger charge is 2.05. The zero-order valence-corrected chi connectivity index (χ0v) is 16.1. The zero-order valence-electron chi connectivity index (χ0n) is 15.3. The van der Waals surface area contributed by atoms with E-state index in [9.17, 15) is 0 Å². The molecule has 138 valence electrons. The van der Waals surface area contributed by atoms with E-state index in [-0.39, 0.29) is 0 Å². The van der Waals surface area contributed by atoms with Crippen molar-refractivity contribution in [1.82, 2.24) is 9.97 Å². The van der Waals surface area contributed by atoms with Crippen LogP contribution in [0.1, 0.15) is 0 Å². The van der Waals surface area contributed by atoms with Crippen LogP contribution in [-0.4, -0.2) is 9.97 Å². The zero-order chi connectivity index (χ0) is 19.3. The lowest BCUT2D eigenvalue weighted by Gasteiger charge is -2.09. The molecule has 5 rings (SSSR count). The second-order valence-corrected chi connectivity index (χ2v) is 6.38. The number of aromatic nitrogens is 2. The predicted octanol–water partition coefficient (Wildman–Crippen LogP) is 6.84. The Morgan fingerprint density at radius 3 is 1.50 bits per heavy atom. The van der Waals surface area contributed by atoms with Crippen molar-refractivity contribution >= 4 is 11.3 Å². The standard InChI is InChI=1S/C18H14.C3H3NO.C3H3NS/c1-3-9-15(10-4-1)17-13-7-8-14-18(17)16-11-5-2-6-12-16;2*1-2-5-3-4-1/h1-14H;2*1-3H. The van der Waals surface area contributed by atoms with E-state index in [4.69, 9.17) is 0 Å². The van der Waals surface area contributed by atoms with Gasteiger partial charge in [-0.1, -0.05) is 84.9 Å². The van der Waals surface area contributed by atoms with Crippen molar-refractivity contribution in [2.45, 2.75) is 0 Å². The fraction of sp³-hybridized carbons (Fsp3) is 0. The first-order valence-electron chi connectivity index (χ1n) is 8.79. The molecule has 0 saturated heterocycles. The molecule has 0 bridgehead atoms. The van der Waals surface area contributed by atoms with Crippen LogP contribution in [0.5, 0.6) is 0 Å².